The average molecular weight is 435 g/mol. The van der Waals surface area contributed by atoms with Crippen molar-refractivity contribution in [2.45, 2.75) is 24.3 Å². The molecular weight excluding hydrogens is 407 g/mol. The monoisotopic (exact) mass is 434 g/mol. The van der Waals surface area contributed by atoms with Gasteiger partial charge >= 0.3 is 0 Å². The Bertz CT molecular complexity index is 981. The van der Waals surface area contributed by atoms with Crippen LogP contribution in [0, 0.1) is 12.7 Å². The molecule has 1 atom stereocenters. The third kappa shape index (κ3) is 5.67. The Balaban J connectivity index is 1.44. The number of aliphatic imine (C=N–C) groups is 1. The minimum Gasteiger partial charge on any atom is -0.355 e. The average Bonchev–Trinajstić information content (AvgIpc) is 3.19. The largest absolute Gasteiger partial charge is 0.355 e. The Hall–Kier alpha value is -2.72. The van der Waals surface area contributed by atoms with E-state index in [4.69, 9.17) is 0 Å². The van der Waals surface area contributed by atoms with E-state index in [1.165, 1.54) is 6.07 Å². The lowest BCUT2D eigenvalue weighted by Gasteiger charge is -2.20. The summed E-state index contributed by atoms with van der Waals surface area (Å²) < 4.78 is 41.1. The molecule has 8 nitrogen and oxygen atoms in total. The van der Waals surface area contributed by atoms with E-state index >= 15 is 0 Å². The molecule has 1 unspecified atom stereocenters. The van der Waals surface area contributed by atoms with Crippen LogP contribution in [0.5, 0.6) is 0 Å². The number of sulfonamides is 1. The van der Waals surface area contributed by atoms with Crippen molar-refractivity contribution in [2.24, 2.45) is 4.99 Å². The Labute approximate surface area is 176 Å². The van der Waals surface area contributed by atoms with E-state index in [9.17, 15) is 12.8 Å². The fourth-order valence-electron chi connectivity index (χ4n) is 3.24. The molecule has 30 heavy (non-hydrogen) atoms. The van der Waals surface area contributed by atoms with E-state index in [1.54, 1.807) is 43.6 Å². The van der Waals surface area contributed by atoms with Gasteiger partial charge in [-0.15, -0.1) is 0 Å². The second-order valence-electron chi connectivity index (χ2n) is 7.09. The molecule has 1 saturated heterocycles. The molecule has 2 heterocycles. The Kier molecular flexibility index (Phi) is 7.22. The fourth-order valence-corrected chi connectivity index (χ4v) is 4.27. The van der Waals surface area contributed by atoms with Gasteiger partial charge in [0, 0.05) is 45.5 Å². The molecule has 1 aliphatic heterocycles. The van der Waals surface area contributed by atoms with Crippen LogP contribution in [-0.4, -0.2) is 58.6 Å². The molecule has 2 aromatic rings. The smallest absolute Gasteiger partial charge is 0.240 e. The van der Waals surface area contributed by atoms with Crippen LogP contribution < -0.4 is 20.3 Å². The second kappa shape index (κ2) is 9.86. The van der Waals surface area contributed by atoms with Crippen molar-refractivity contribution in [3.8, 4) is 0 Å². The van der Waals surface area contributed by atoms with Crippen LogP contribution in [0.4, 0.5) is 10.2 Å². The summed E-state index contributed by atoms with van der Waals surface area (Å²) in [5.74, 6) is 0.592. The van der Waals surface area contributed by atoms with Crippen LogP contribution >= 0.6 is 0 Å². The van der Waals surface area contributed by atoms with Crippen molar-refractivity contribution in [3.05, 3.63) is 54.0 Å². The molecule has 1 aliphatic rings. The normalized spacial score (nSPS) is 17.2. The van der Waals surface area contributed by atoms with Gasteiger partial charge in [-0.1, -0.05) is 17.7 Å². The van der Waals surface area contributed by atoms with E-state index in [-0.39, 0.29) is 23.3 Å². The Morgan fingerprint density at radius 3 is 2.73 bits per heavy atom. The van der Waals surface area contributed by atoms with Crippen molar-refractivity contribution >= 4 is 21.8 Å². The number of nitrogens with zero attached hydrogens (tertiary/aromatic N) is 3. The molecule has 1 fully saturated rings. The minimum atomic E-state index is -3.55. The van der Waals surface area contributed by atoms with Crippen molar-refractivity contribution in [3.63, 3.8) is 0 Å². The van der Waals surface area contributed by atoms with Gasteiger partial charge in [-0.3, -0.25) is 4.99 Å². The van der Waals surface area contributed by atoms with E-state index in [0.717, 1.165) is 12.0 Å². The predicted molar refractivity (Wildman–Crippen MR) is 116 cm³/mol. The zero-order chi connectivity index (χ0) is 21.6. The second-order valence-corrected chi connectivity index (χ2v) is 8.86. The number of nitrogens with one attached hydrogen (secondary N) is 3. The lowest BCUT2D eigenvalue weighted by Crippen LogP contribution is -2.46. The number of benzene rings is 1. The summed E-state index contributed by atoms with van der Waals surface area (Å²) in [4.78, 5) is 10.4. The number of aryl methyl sites for hydroxylation is 1. The number of anilines is 1. The van der Waals surface area contributed by atoms with E-state index < -0.39 is 10.0 Å². The highest BCUT2D eigenvalue weighted by Crippen LogP contribution is 2.20. The molecule has 10 heteroatoms. The van der Waals surface area contributed by atoms with Gasteiger partial charge < -0.3 is 15.5 Å². The lowest BCUT2D eigenvalue weighted by atomic mass is 10.2. The number of rotatable bonds is 7. The van der Waals surface area contributed by atoms with Gasteiger partial charge in [0.25, 0.3) is 0 Å². The van der Waals surface area contributed by atoms with E-state index in [1.807, 2.05) is 11.8 Å². The maximum absolute atomic E-state index is 13.9. The summed E-state index contributed by atoms with van der Waals surface area (Å²) in [5.41, 5.74) is 1.00. The molecule has 1 aromatic carbocycles. The molecule has 0 bridgehead atoms. The van der Waals surface area contributed by atoms with Crippen molar-refractivity contribution < 1.29 is 12.8 Å². The molecule has 1 aromatic heterocycles. The molecule has 0 aliphatic carbocycles. The number of aromatic nitrogens is 1. The van der Waals surface area contributed by atoms with Gasteiger partial charge in [0.15, 0.2) is 17.6 Å². The first-order chi connectivity index (χ1) is 14.4. The van der Waals surface area contributed by atoms with Crippen LogP contribution in [0.2, 0.25) is 0 Å². The standard InChI is InChI=1S/C20H27FN6O2S/c1-15-5-7-17(8-6-15)30(28,29)25-12-11-24-20(22-2)26-16-9-13-27(14-16)19-18(21)4-3-10-23-19/h3-8,10,16,25H,9,11-14H2,1-2H3,(H2,22,24,26). The van der Waals surface area contributed by atoms with Crippen LogP contribution in [0.15, 0.2) is 52.5 Å². The summed E-state index contributed by atoms with van der Waals surface area (Å²) in [7, 11) is -1.90. The van der Waals surface area contributed by atoms with Crippen LogP contribution in [-0.2, 0) is 10.0 Å². The third-order valence-electron chi connectivity index (χ3n) is 4.83. The molecule has 3 N–H and O–H groups in total. The summed E-state index contributed by atoms with van der Waals surface area (Å²) >= 11 is 0. The van der Waals surface area contributed by atoms with E-state index in [0.29, 0.717) is 31.4 Å². The SMILES string of the molecule is CN=C(NCCNS(=O)(=O)c1ccc(C)cc1)NC1CCN(c2ncccc2F)C1. The summed E-state index contributed by atoms with van der Waals surface area (Å²) in [6.07, 6.45) is 2.40. The first-order valence-electron chi connectivity index (χ1n) is 9.78. The molecule has 162 valence electrons. The third-order valence-corrected chi connectivity index (χ3v) is 6.31. The van der Waals surface area contributed by atoms with Crippen molar-refractivity contribution in [2.75, 3.05) is 38.1 Å². The van der Waals surface area contributed by atoms with Crippen molar-refractivity contribution in [1.82, 2.24) is 20.3 Å². The highest BCUT2D eigenvalue weighted by molar-refractivity contribution is 7.89. The summed E-state index contributed by atoms with van der Waals surface area (Å²) in [5, 5.41) is 6.39. The molecule has 0 radical (unpaired) electrons. The lowest BCUT2D eigenvalue weighted by molar-refractivity contribution is 0.579. The number of hydrogen-bond acceptors (Lipinski definition) is 5. The summed E-state index contributed by atoms with van der Waals surface area (Å²) in [6, 6.07) is 9.76. The number of guanidine groups is 1. The molecule has 0 spiro atoms. The molecule has 3 rings (SSSR count). The van der Waals surface area contributed by atoms with E-state index in [2.05, 4.69) is 25.3 Å². The maximum Gasteiger partial charge on any atom is 0.240 e. The maximum atomic E-state index is 13.9. The van der Waals surface area contributed by atoms with Crippen molar-refractivity contribution in [1.29, 1.82) is 0 Å². The number of hydrogen-bond donors (Lipinski definition) is 3. The van der Waals surface area contributed by atoms with Crippen LogP contribution in [0.1, 0.15) is 12.0 Å². The van der Waals surface area contributed by atoms with Gasteiger partial charge in [-0.25, -0.2) is 22.5 Å². The Morgan fingerprint density at radius 2 is 2.03 bits per heavy atom. The van der Waals surface area contributed by atoms with Crippen LogP contribution in [0.25, 0.3) is 0 Å². The van der Waals surface area contributed by atoms with Gasteiger partial charge in [0.2, 0.25) is 10.0 Å². The van der Waals surface area contributed by atoms with Gasteiger partial charge in [0.1, 0.15) is 0 Å². The van der Waals surface area contributed by atoms with Gasteiger partial charge in [-0.05, 0) is 37.6 Å². The number of pyridine rings is 1. The predicted octanol–water partition coefficient (Wildman–Crippen LogP) is 1.25. The molecule has 0 amide bonds. The molecular formula is C20H27FN6O2S. The van der Waals surface area contributed by atoms with Gasteiger partial charge in [-0.2, -0.15) is 0 Å². The number of halogens is 1. The summed E-state index contributed by atoms with van der Waals surface area (Å²) in [6.45, 7) is 3.79. The highest BCUT2D eigenvalue weighted by atomic mass is 32.2. The topological polar surface area (TPSA) is 98.7 Å². The first kappa shape index (κ1) is 22.0. The highest BCUT2D eigenvalue weighted by Gasteiger charge is 2.25. The zero-order valence-electron chi connectivity index (χ0n) is 17.1. The van der Waals surface area contributed by atoms with Gasteiger partial charge in [0.05, 0.1) is 4.90 Å². The molecule has 0 saturated carbocycles. The fraction of sp³-hybridized carbons (Fsp3) is 0.400. The quantitative estimate of drug-likeness (QED) is 0.345. The zero-order valence-corrected chi connectivity index (χ0v) is 17.9. The van der Waals surface area contributed by atoms with Crippen LogP contribution in [0.3, 0.4) is 0 Å². The minimum absolute atomic E-state index is 0.0851. The Morgan fingerprint density at radius 1 is 1.27 bits per heavy atom. The first-order valence-corrected chi connectivity index (χ1v) is 11.3.